The Bertz CT molecular complexity index is 475. The summed E-state index contributed by atoms with van der Waals surface area (Å²) in [5.41, 5.74) is 0. The number of nitrogens with zero attached hydrogens (tertiary/aromatic N) is 2. The number of hydrogen-bond donors (Lipinski definition) is 4. The summed E-state index contributed by atoms with van der Waals surface area (Å²) in [5, 5.41) is 39.1. The molecule has 0 aromatic carbocycles. The van der Waals surface area contributed by atoms with Gasteiger partial charge in [0.15, 0.2) is 0 Å². The van der Waals surface area contributed by atoms with E-state index in [2.05, 4.69) is 0 Å². The molecule has 2 heterocycles. The number of aliphatic hydroxyl groups excluding tert-OH is 4. The molecule has 1 aliphatic carbocycles. The fourth-order valence-corrected chi connectivity index (χ4v) is 4.85. The molecule has 2 saturated heterocycles. The summed E-state index contributed by atoms with van der Waals surface area (Å²) in [6.45, 7) is 1.38. The zero-order chi connectivity index (χ0) is 19.1. The van der Waals surface area contributed by atoms with E-state index in [0.29, 0.717) is 32.5 Å². The highest BCUT2D eigenvalue weighted by molar-refractivity contribution is 4.98. The van der Waals surface area contributed by atoms with Crippen molar-refractivity contribution in [2.45, 2.75) is 62.3 Å². The minimum atomic E-state index is -4.16. The molecule has 152 valence electrons. The molecule has 9 heteroatoms. The van der Waals surface area contributed by atoms with Gasteiger partial charge < -0.3 is 20.4 Å². The van der Waals surface area contributed by atoms with Gasteiger partial charge in [0, 0.05) is 32.2 Å². The summed E-state index contributed by atoms with van der Waals surface area (Å²) in [6, 6.07) is -1.12. The fourth-order valence-electron chi connectivity index (χ4n) is 4.85. The molecular weight excluding hydrogens is 353 g/mol. The van der Waals surface area contributed by atoms with Gasteiger partial charge in [-0.2, -0.15) is 13.2 Å². The molecule has 0 unspecified atom stereocenters. The van der Waals surface area contributed by atoms with E-state index in [9.17, 15) is 33.6 Å². The summed E-state index contributed by atoms with van der Waals surface area (Å²) >= 11 is 0. The monoisotopic (exact) mass is 382 g/mol. The SMILES string of the molecule is OC[C@@H]1[C@@H](O)[C@H](O)[C@@H](O)CN1CC1CN([C@H]2CCCC[C@H]2C(F)(F)F)C1. The normalized spacial score (nSPS) is 41.2. The lowest BCUT2D eigenvalue weighted by Crippen LogP contribution is -2.66. The standard InChI is InChI=1S/C17H29F3N2O4/c18-17(19,20)11-3-1-2-4-12(11)21-5-10(6-21)7-22-8-14(24)16(26)15(25)13(22)9-23/h10-16,23-26H,1-9H2/t11-,12+,13-,14+,15-,16-/m1/s1. The Morgan fingerprint density at radius 1 is 0.923 bits per heavy atom. The third-order valence-corrected chi connectivity index (χ3v) is 6.31. The lowest BCUT2D eigenvalue weighted by atomic mass is 9.80. The summed E-state index contributed by atoms with van der Waals surface area (Å²) < 4.78 is 39.8. The van der Waals surface area contributed by atoms with Crippen LogP contribution in [0.2, 0.25) is 0 Å². The molecule has 0 amide bonds. The molecule has 6 nitrogen and oxygen atoms in total. The lowest BCUT2D eigenvalue weighted by Gasteiger charge is -2.51. The molecule has 3 fully saturated rings. The van der Waals surface area contributed by atoms with Gasteiger partial charge >= 0.3 is 6.18 Å². The Hall–Kier alpha value is -0.450. The summed E-state index contributed by atoms with van der Waals surface area (Å²) in [7, 11) is 0. The summed E-state index contributed by atoms with van der Waals surface area (Å²) in [5.74, 6) is -1.12. The smallest absolute Gasteiger partial charge is 0.393 e. The number of likely N-dealkylation sites (tertiary alicyclic amines) is 2. The van der Waals surface area contributed by atoms with Crippen molar-refractivity contribution in [1.29, 1.82) is 0 Å². The minimum absolute atomic E-state index is 0.133. The van der Waals surface area contributed by atoms with Crippen molar-refractivity contribution in [2.75, 3.05) is 32.8 Å². The minimum Gasteiger partial charge on any atom is -0.395 e. The quantitative estimate of drug-likeness (QED) is 0.539. The van der Waals surface area contributed by atoms with Crippen LogP contribution in [0.3, 0.4) is 0 Å². The van der Waals surface area contributed by atoms with Gasteiger partial charge in [0.25, 0.3) is 0 Å². The van der Waals surface area contributed by atoms with Crippen LogP contribution in [-0.4, -0.2) is 99.6 Å². The zero-order valence-electron chi connectivity index (χ0n) is 14.7. The van der Waals surface area contributed by atoms with Gasteiger partial charge in [0.1, 0.15) is 12.2 Å². The topological polar surface area (TPSA) is 87.4 Å². The molecule has 0 bridgehead atoms. The fraction of sp³-hybridized carbons (Fsp3) is 1.00. The molecule has 3 aliphatic rings. The first-order valence-corrected chi connectivity index (χ1v) is 9.42. The van der Waals surface area contributed by atoms with Crippen molar-refractivity contribution >= 4 is 0 Å². The maximum Gasteiger partial charge on any atom is 0.393 e. The Labute approximate surface area is 151 Å². The highest BCUT2D eigenvalue weighted by Gasteiger charge is 2.50. The van der Waals surface area contributed by atoms with Gasteiger partial charge in [-0.1, -0.05) is 12.8 Å². The second-order valence-corrected chi connectivity index (χ2v) is 8.07. The van der Waals surface area contributed by atoms with Crippen LogP contribution < -0.4 is 0 Å². The van der Waals surface area contributed by atoms with E-state index in [1.54, 1.807) is 4.90 Å². The van der Waals surface area contributed by atoms with E-state index < -0.39 is 42.5 Å². The molecule has 6 atom stereocenters. The molecule has 2 aliphatic heterocycles. The predicted molar refractivity (Wildman–Crippen MR) is 87.3 cm³/mol. The Morgan fingerprint density at radius 3 is 2.19 bits per heavy atom. The molecule has 4 N–H and O–H groups in total. The average molecular weight is 382 g/mol. The van der Waals surface area contributed by atoms with Crippen LogP contribution in [0.15, 0.2) is 0 Å². The number of piperidine rings is 1. The predicted octanol–water partition coefficient (Wildman–Crippen LogP) is -0.202. The number of halogens is 3. The first-order chi connectivity index (χ1) is 12.2. The van der Waals surface area contributed by atoms with E-state index in [1.807, 2.05) is 4.90 Å². The van der Waals surface area contributed by atoms with E-state index in [0.717, 1.165) is 6.42 Å². The number of alkyl halides is 3. The molecule has 0 spiro atoms. The van der Waals surface area contributed by atoms with Crippen molar-refractivity contribution in [3.63, 3.8) is 0 Å². The largest absolute Gasteiger partial charge is 0.395 e. The van der Waals surface area contributed by atoms with Crippen molar-refractivity contribution in [2.24, 2.45) is 11.8 Å². The van der Waals surface area contributed by atoms with Crippen LogP contribution in [0.4, 0.5) is 13.2 Å². The molecule has 1 saturated carbocycles. The van der Waals surface area contributed by atoms with E-state index >= 15 is 0 Å². The van der Waals surface area contributed by atoms with Gasteiger partial charge in [-0.05, 0) is 18.8 Å². The number of hydrogen-bond acceptors (Lipinski definition) is 6. The van der Waals surface area contributed by atoms with Crippen LogP contribution in [0.25, 0.3) is 0 Å². The first-order valence-electron chi connectivity index (χ1n) is 9.42. The number of β-amino-alcohol motifs (C(OH)–C–C–N with tert-alkyl or cyclic N) is 1. The Morgan fingerprint density at radius 2 is 1.58 bits per heavy atom. The molecule has 3 rings (SSSR count). The van der Waals surface area contributed by atoms with Gasteiger partial charge in [0.2, 0.25) is 0 Å². The van der Waals surface area contributed by atoms with Gasteiger partial charge in [-0.15, -0.1) is 0 Å². The summed E-state index contributed by atoms with van der Waals surface area (Å²) in [4.78, 5) is 3.65. The highest BCUT2D eigenvalue weighted by Crippen LogP contribution is 2.42. The number of rotatable bonds is 4. The Kier molecular flexibility index (Phi) is 6.15. The maximum absolute atomic E-state index is 13.3. The van der Waals surface area contributed by atoms with Crippen molar-refractivity contribution in [3.05, 3.63) is 0 Å². The van der Waals surface area contributed by atoms with Gasteiger partial charge in [-0.25, -0.2) is 0 Å². The van der Waals surface area contributed by atoms with E-state index in [1.165, 1.54) is 0 Å². The zero-order valence-corrected chi connectivity index (χ0v) is 14.7. The lowest BCUT2D eigenvalue weighted by molar-refractivity contribution is -0.207. The van der Waals surface area contributed by atoms with Gasteiger partial charge in [-0.3, -0.25) is 9.80 Å². The molecule has 0 radical (unpaired) electrons. The van der Waals surface area contributed by atoms with Crippen LogP contribution in [0, 0.1) is 11.8 Å². The summed E-state index contributed by atoms with van der Waals surface area (Å²) in [6.07, 6.45) is -5.57. The van der Waals surface area contributed by atoms with Crippen molar-refractivity contribution in [3.8, 4) is 0 Å². The molecule has 26 heavy (non-hydrogen) atoms. The average Bonchev–Trinajstić information content (AvgIpc) is 2.55. The van der Waals surface area contributed by atoms with Crippen molar-refractivity contribution < 1.29 is 33.6 Å². The second-order valence-electron chi connectivity index (χ2n) is 8.07. The Balaban J connectivity index is 1.54. The van der Waals surface area contributed by atoms with E-state index in [-0.39, 0.29) is 25.5 Å². The van der Waals surface area contributed by atoms with Crippen LogP contribution in [0.5, 0.6) is 0 Å². The second kappa shape index (κ2) is 7.89. The number of aliphatic hydroxyl groups is 4. The maximum atomic E-state index is 13.3. The molecular formula is C17H29F3N2O4. The van der Waals surface area contributed by atoms with Crippen LogP contribution >= 0.6 is 0 Å². The van der Waals surface area contributed by atoms with Crippen molar-refractivity contribution in [1.82, 2.24) is 9.80 Å². The highest BCUT2D eigenvalue weighted by atomic mass is 19.4. The third kappa shape index (κ3) is 4.02. The van der Waals surface area contributed by atoms with Gasteiger partial charge in [0.05, 0.1) is 24.7 Å². The first kappa shape index (κ1) is 20.3. The van der Waals surface area contributed by atoms with Crippen LogP contribution in [-0.2, 0) is 0 Å². The third-order valence-electron chi connectivity index (χ3n) is 6.31. The molecule has 0 aromatic heterocycles. The van der Waals surface area contributed by atoms with Crippen LogP contribution in [0.1, 0.15) is 25.7 Å². The molecule has 0 aromatic rings. The van der Waals surface area contributed by atoms with E-state index in [4.69, 9.17) is 0 Å².